The fraction of sp³-hybridized carbons (Fsp3) is 0.647. The number of unbranched alkanes of at least 4 members (excludes halogenated alkanes) is 3. The van der Waals surface area contributed by atoms with Crippen LogP contribution in [0.5, 0.6) is 0 Å². The number of carbonyl (C=O) groups is 2. The highest BCUT2D eigenvalue weighted by Crippen LogP contribution is 2.27. The first-order chi connectivity index (χ1) is 13.3. The van der Waals surface area contributed by atoms with Crippen LogP contribution < -0.4 is 16.5 Å². The summed E-state index contributed by atoms with van der Waals surface area (Å²) >= 11 is 0. The molecule has 156 valence electrons. The summed E-state index contributed by atoms with van der Waals surface area (Å²) in [5.74, 6) is -0.635. The minimum absolute atomic E-state index is 0.0898. The summed E-state index contributed by atoms with van der Waals surface area (Å²) in [6.45, 7) is 1.59. The predicted octanol–water partition coefficient (Wildman–Crippen LogP) is -0.333. The van der Waals surface area contributed by atoms with Crippen molar-refractivity contribution in [2.45, 2.75) is 70.0 Å². The van der Waals surface area contributed by atoms with Crippen LogP contribution in [0.15, 0.2) is 17.1 Å². The molecule has 2 heterocycles. The maximum absolute atomic E-state index is 12.2. The van der Waals surface area contributed by atoms with E-state index in [1.54, 1.807) is 12.4 Å². The summed E-state index contributed by atoms with van der Waals surface area (Å²) in [4.78, 5) is 38.7. The lowest BCUT2D eigenvalue weighted by Gasteiger charge is -2.17. The number of amides is 2. The Balaban J connectivity index is 1.79. The van der Waals surface area contributed by atoms with Crippen molar-refractivity contribution in [1.82, 2.24) is 15.0 Å². The Labute approximate surface area is 161 Å². The van der Waals surface area contributed by atoms with Gasteiger partial charge in [0.25, 0.3) is 0 Å². The number of hydrogen-bond donors (Lipinski definition) is 5. The fourth-order valence-electron chi connectivity index (χ4n) is 2.92. The van der Waals surface area contributed by atoms with Crippen molar-refractivity contribution in [1.29, 1.82) is 0 Å². The Morgan fingerprint density at radius 1 is 1.14 bits per heavy atom. The molecular weight excluding hydrogens is 372 g/mol. The molecule has 0 radical (unpaired) electrons. The van der Waals surface area contributed by atoms with Gasteiger partial charge in [0.05, 0.1) is 6.10 Å². The number of aliphatic hydroxyl groups is 2. The number of anilines is 1. The summed E-state index contributed by atoms with van der Waals surface area (Å²) in [7, 11) is 0. The third kappa shape index (κ3) is 5.83. The molecule has 28 heavy (non-hydrogen) atoms. The molecule has 0 aromatic carbocycles. The van der Waals surface area contributed by atoms with Gasteiger partial charge in [-0.05, 0) is 25.8 Å². The molecule has 1 aliphatic heterocycles. The maximum atomic E-state index is 12.2. The van der Waals surface area contributed by atoms with Crippen LogP contribution in [0.4, 0.5) is 5.82 Å². The summed E-state index contributed by atoms with van der Waals surface area (Å²) in [5, 5.41) is 30.6. The van der Waals surface area contributed by atoms with Crippen molar-refractivity contribution in [3.63, 3.8) is 0 Å². The number of rotatable bonds is 9. The van der Waals surface area contributed by atoms with E-state index in [1.165, 1.54) is 12.3 Å². The monoisotopic (exact) mass is 398 g/mol. The first-order valence-corrected chi connectivity index (χ1v) is 9.17. The Morgan fingerprint density at radius 2 is 1.79 bits per heavy atom. The van der Waals surface area contributed by atoms with Crippen molar-refractivity contribution in [2.75, 3.05) is 5.32 Å². The second-order valence-corrected chi connectivity index (χ2v) is 6.71. The predicted molar refractivity (Wildman–Crippen MR) is 96.4 cm³/mol. The van der Waals surface area contributed by atoms with E-state index in [0.717, 1.165) is 17.4 Å². The SMILES string of the molecule is CC1OC(n2ccc(NC(=O)CCCCCCC(=O)NO)nc2=O)C(O)[C@@H]1O. The van der Waals surface area contributed by atoms with E-state index >= 15 is 0 Å². The van der Waals surface area contributed by atoms with Crippen molar-refractivity contribution in [2.24, 2.45) is 0 Å². The molecule has 4 atom stereocenters. The smallest absolute Gasteiger partial charge is 0.351 e. The van der Waals surface area contributed by atoms with Gasteiger partial charge in [-0.2, -0.15) is 4.98 Å². The lowest BCUT2D eigenvalue weighted by atomic mass is 10.1. The number of hydroxylamine groups is 1. The van der Waals surface area contributed by atoms with Gasteiger partial charge in [0.1, 0.15) is 18.0 Å². The van der Waals surface area contributed by atoms with Crippen molar-refractivity contribution in [3.05, 3.63) is 22.7 Å². The minimum Gasteiger partial charge on any atom is -0.388 e. The van der Waals surface area contributed by atoms with E-state index in [-0.39, 0.29) is 24.6 Å². The molecule has 1 saturated heterocycles. The lowest BCUT2D eigenvalue weighted by Crippen LogP contribution is -2.35. The van der Waals surface area contributed by atoms with E-state index in [0.29, 0.717) is 12.8 Å². The number of carbonyl (C=O) groups excluding carboxylic acids is 2. The average molecular weight is 398 g/mol. The largest absolute Gasteiger partial charge is 0.388 e. The van der Waals surface area contributed by atoms with Gasteiger partial charge in [0, 0.05) is 19.0 Å². The number of nitrogens with one attached hydrogen (secondary N) is 2. The average Bonchev–Trinajstić information content (AvgIpc) is 2.91. The van der Waals surface area contributed by atoms with E-state index in [9.17, 15) is 24.6 Å². The molecule has 0 aliphatic carbocycles. The standard InChI is InChI=1S/C17H26N4O7/c1-10-14(24)15(25)16(28-10)21-9-8-11(19-17(21)26)18-12(22)6-4-2-3-5-7-13(23)20-27/h8-10,14-16,24-25,27H,2-7H2,1H3,(H,20,23)(H,18,19,22,26)/t10?,14-,15?,16?/m1/s1. The Kier molecular flexibility index (Phi) is 8.05. The number of ether oxygens (including phenoxy) is 1. The zero-order valence-corrected chi connectivity index (χ0v) is 15.6. The number of hydrogen-bond acceptors (Lipinski definition) is 8. The van der Waals surface area contributed by atoms with Crippen LogP contribution in [0.25, 0.3) is 0 Å². The van der Waals surface area contributed by atoms with Crippen molar-refractivity contribution in [3.8, 4) is 0 Å². The summed E-state index contributed by atoms with van der Waals surface area (Å²) in [6.07, 6.45) is 0.540. The Bertz CT molecular complexity index is 738. The third-order valence-corrected chi connectivity index (χ3v) is 4.53. The first-order valence-electron chi connectivity index (χ1n) is 9.17. The van der Waals surface area contributed by atoms with Crippen LogP contribution in [-0.4, -0.2) is 55.1 Å². The molecule has 1 aromatic rings. The number of nitrogens with zero attached hydrogens (tertiary/aromatic N) is 2. The molecule has 0 spiro atoms. The molecule has 1 fully saturated rings. The molecule has 0 saturated carbocycles. The quantitative estimate of drug-likeness (QED) is 0.214. The molecule has 1 aliphatic rings. The summed E-state index contributed by atoms with van der Waals surface area (Å²) < 4.78 is 6.44. The van der Waals surface area contributed by atoms with E-state index in [2.05, 4.69) is 10.3 Å². The zero-order chi connectivity index (χ0) is 20.7. The second-order valence-electron chi connectivity index (χ2n) is 6.71. The van der Waals surface area contributed by atoms with Crippen molar-refractivity contribution < 1.29 is 29.7 Å². The number of aromatic nitrogens is 2. The number of aliphatic hydroxyl groups excluding tert-OH is 2. The maximum Gasteiger partial charge on any atom is 0.351 e. The normalized spacial score (nSPS) is 24.1. The molecule has 11 heteroatoms. The van der Waals surface area contributed by atoms with E-state index < -0.39 is 36.1 Å². The van der Waals surface area contributed by atoms with Crippen LogP contribution in [0, 0.1) is 0 Å². The second kappa shape index (κ2) is 10.3. The Hall–Kier alpha value is -2.34. The zero-order valence-electron chi connectivity index (χ0n) is 15.6. The van der Waals surface area contributed by atoms with Gasteiger partial charge < -0.3 is 20.3 Å². The van der Waals surface area contributed by atoms with Crippen LogP contribution in [-0.2, 0) is 14.3 Å². The highest BCUT2D eigenvalue weighted by molar-refractivity contribution is 5.89. The molecule has 3 unspecified atom stereocenters. The molecule has 2 rings (SSSR count). The fourth-order valence-corrected chi connectivity index (χ4v) is 2.92. The van der Waals surface area contributed by atoms with Gasteiger partial charge in [-0.1, -0.05) is 12.8 Å². The van der Waals surface area contributed by atoms with Gasteiger partial charge in [-0.25, -0.2) is 10.3 Å². The van der Waals surface area contributed by atoms with Gasteiger partial charge in [0.15, 0.2) is 6.23 Å². The third-order valence-electron chi connectivity index (χ3n) is 4.53. The molecule has 5 N–H and O–H groups in total. The van der Waals surface area contributed by atoms with E-state index in [4.69, 9.17) is 9.94 Å². The minimum atomic E-state index is -1.25. The van der Waals surface area contributed by atoms with Gasteiger partial charge in [-0.15, -0.1) is 0 Å². The van der Waals surface area contributed by atoms with Gasteiger partial charge in [0.2, 0.25) is 11.8 Å². The summed E-state index contributed by atoms with van der Waals surface area (Å²) in [6, 6.07) is 1.41. The lowest BCUT2D eigenvalue weighted by molar-refractivity contribution is -0.129. The summed E-state index contributed by atoms with van der Waals surface area (Å²) in [5.41, 5.74) is 0.846. The highest BCUT2D eigenvalue weighted by Gasteiger charge is 2.41. The molecule has 0 bridgehead atoms. The molecule has 11 nitrogen and oxygen atoms in total. The first kappa shape index (κ1) is 22.0. The van der Waals surface area contributed by atoms with Gasteiger partial charge in [-0.3, -0.25) is 19.4 Å². The van der Waals surface area contributed by atoms with Crippen LogP contribution in [0.2, 0.25) is 0 Å². The van der Waals surface area contributed by atoms with Crippen LogP contribution in [0.3, 0.4) is 0 Å². The van der Waals surface area contributed by atoms with Crippen LogP contribution in [0.1, 0.15) is 51.7 Å². The van der Waals surface area contributed by atoms with Crippen molar-refractivity contribution >= 4 is 17.6 Å². The molecular formula is C17H26N4O7. The molecule has 2 amide bonds. The Morgan fingerprint density at radius 3 is 2.32 bits per heavy atom. The van der Waals surface area contributed by atoms with Crippen LogP contribution >= 0.6 is 0 Å². The highest BCUT2D eigenvalue weighted by atomic mass is 16.6. The molecule has 1 aromatic heterocycles. The topological polar surface area (TPSA) is 163 Å². The van der Waals surface area contributed by atoms with Gasteiger partial charge >= 0.3 is 5.69 Å². The van der Waals surface area contributed by atoms with E-state index in [1.807, 2.05) is 0 Å².